The third-order valence-electron chi connectivity index (χ3n) is 2.15. The van der Waals surface area contributed by atoms with Crippen LogP contribution in [-0.2, 0) is 25.8 Å². The number of carbonyl (C=O) groups excluding carboxylic acids is 1. The van der Waals surface area contributed by atoms with Gasteiger partial charge < -0.3 is 4.74 Å². The van der Waals surface area contributed by atoms with Gasteiger partial charge in [-0.15, -0.1) is 0 Å². The molecule has 1 amide bonds. The average molecular weight is 333 g/mol. The molecule has 1 atom stereocenters. The quantitative estimate of drug-likeness (QED) is 0.577. The molecule has 15 heavy (non-hydrogen) atoms. The van der Waals surface area contributed by atoms with E-state index in [1.807, 2.05) is 0 Å². The summed E-state index contributed by atoms with van der Waals surface area (Å²) in [7, 11) is 0. The number of hydrogen-bond donors (Lipinski definition) is 2. The van der Waals surface area contributed by atoms with Gasteiger partial charge in [-0.1, -0.05) is 33.1 Å². The number of nitrogens with zero attached hydrogens (tertiary/aromatic N) is 1. The number of hydrogen-bond acceptors (Lipinski definition) is 4. The van der Waals surface area contributed by atoms with Gasteiger partial charge in [0.25, 0.3) is 0 Å². The van der Waals surface area contributed by atoms with Crippen molar-refractivity contribution < 1.29 is 30.6 Å². The molecular formula is C9H19MoNO2S2. The van der Waals surface area contributed by atoms with Gasteiger partial charge in [0.1, 0.15) is 0 Å². The fourth-order valence-corrected chi connectivity index (χ4v) is 1.26. The van der Waals surface area contributed by atoms with Crippen molar-refractivity contribution in [3.05, 3.63) is 0 Å². The predicted octanol–water partition coefficient (Wildman–Crippen LogP) is 3.33. The van der Waals surface area contributed by atoms with Crippen LogP contribution in [0.5, 0.6) is 0 Å². The monoisotopic (exact) mass is 335 g/mol. The van der Waals surface area contributed by atoms with Crippen LogP contribution in [0.1, 0.15) is 39.5 Å². The fraction of sp³-hybridized carbons (Fsp3) is 0.889. The molecule has 0 saturated heterocycles. The van der Waals surface area contributed by atoms with Gasteiger partial charge in [0.15, 0.2) is 0 Å². The van der Waals surface area contributed by atoms with Crippen molar-refractivity contribution in [3.8, 4) is 0 Å². The summed E-state index contributed by atoms with van der Waals surface area (Å²) < 4.78 is 5.84. The van der Waals surface area contributed by atoms with E-state index < -0.39 is 6.09 Å². The van der Waals surface area contributed by atoms with Crippen molar-refractivity contribution in [2.45, 2.75) is 39.5 Å². The van der Waals surface area contributed by atoms with Gasteiger partial charge >= 0.3 is 6.09 Å². The van der Waals surface area contributed by atoms with Gasteiger partial charge in [-0.3, -0.25) is 0 Å². The number of thiol groups is 2. The van der Waals surface area contributed by atoms with Crippen LogP contribution in [0.2, 0.25) is 0 Å². The molecule has 0 heterocycles. The van der Waals surface area contributed by atoms with Gasteiger partial charge in [-0.2, -0.15) is 3.71 Å². The Morgan fingerprint density at radius 2 is 2.00 bits per heavy atom. The summed E-state index contributed by atoms with van der Waals surface area (Å²) in [5, 5.41) is 0. The second-order valence-corrected chi connectivity index (χ2v) is 4.40. The average Bonchev–Trinajstić information content (AvgIpc) is 2.17. The number of rotatable bonds is 6. The van der Waals surface area contributed by atoms with Crippen LogP contribution in [0.15, 0.2) is 0 Å². The topological polar surface area (TPSA) is 29.5 Å². The first-order chi connectivity index (χ1) is 6.61. The van der Waals surface area contributed by atoms with Crippen LogP contribution in [0.3, 0.4) is 0 Å². The molecule has 1 unspecified atom stereocenters. The SMILES string of the molecule is CCCCC(CC)COC(=O)N(S)S.[Mo]. The summed E-state index contributed by atoms with van der Waals surface area (Å²) in [5.74, 6) is 0.459. The van der Waals surface area contributed by atoms with E-state index in [4.69, 9.17) is 4.74 Å². The number of carbonyl (C=O) groups is 1. The van der Waals surface area contributed by atoms with Crippen LogP contribution >= 0.6 is 25.6 Å². The molecule has 0 aliphatic carbocycles. The van der Waals surface area contributed by atoms with Crippen molar-refractivity contribution in [1.29, 1.82) is 0 Å². The van der Waals surface area contributed by atoms with Crippen LogP contribution in [0.25, 0.3) is 0 Å². The number of amides is 1. The predicted molar refractivity (Wildman–Crippen MR) is 64.5 cm³/mol. The van der Waals surface area contributed by atoms with Crippen LogP contribution in [0, 0.1) is 5.92 Å². The molecule has 0 radical (unpaired) electrons. The van der Waals surface area contributed by atoms with E-state index in [-0.39, 0.29) is 21.1 Å². The molecule has 0 spiro atoms. The summed E-state index contributed by atoms with van der Waals surface area (Å²) in [6, 6.07) is 0. The third-order valence-corrected chi connectivity index (χ3v) is 2.48. The van der Waals surface area contributed by atoms with Crippen LogP contribution in [0.4, 0.5) is 4.79 Å². The molecule has 0 aromatic heterocycles. The molecule has 90 valence electrons. The molecule has 0 aliphatic heterocycles. The minimum absolute atomic E-state index is 0. The minimum atomic E-state index is -0.508. The zero-order chi connectivity index (χ0) is 11.0. The van der Waals surface area contributed by atoms with Crippen molar-refractivity contribution in [1.82, 2.24) is 3.71 Å². The van der Waals surface area contributed by atoms with Gasteiger partial charge in [0.2, 0.25) is 0 Å². The maximum atomic E-state index is 11.0. The summed E-state index contributed by atoms with van der Waals surface area (Å²) in [5.41, 5.74) is 0. The van der Waals surface area contributed by atoms with Crippen molar-refractivity contribution in [2.24, 2.45) is 5.92 Å². The molecule has 0 aliphatic rings. The Hall–Kier alpha value is 0.658. The van der Waals surface area contributed by atoms with E-state index in [2.05, 4.69) is 39.5 Å². The second kappa shape index (κ2) is 11.2. The van der Waals surface area contributed by atoms with Crippen molar-refractivity contribution in [2.75, 3.05) is 6.61 Å². The summed E-state index contributed by atoms with van der Waals surface area (Å²) in [6.45, 7) is 4.72. The van der Waals surface area contributed by atoms with E-state index in [0.717, 1.165) is 16.6 Å². The Bertz CT molecular complexity index is 170. The molecular weight excluding hydrogens is 314 g/mol. The zero-order valence-corrected chi connectivity index (χ0v) is 13.0. The number of ether oxygens (including phenoxy) is 1. The van der Waals surface area contributed by atoms with Crippen LogP contribution in [-0.4, -0.2) is 16.4 Å². The first-order valence-corrected chi connectivity index (χ1v) is 5.76. The molecule has 0 fully saturated rings. The van der Waals surface area contributed by atoms with E-state index >= 15 is 0 Å². The second-order valence-electron chi connectivity index (χ2n) is 3.28. The molecule has 0 bridgehead atoms. The molecule has 0 aromatic rings. The van der Waals surface area contributed by atoms with E-state index in [1.54, 1.807) is 0 Å². The first kappa shape index (κ1) is 18.0. The van der Waals surface area contributed by atoms with Gasteiger partial charge in [0.05, 0.1) is 6.61 Å². The van der Waals surface area contributed by atoms with Crippen molar-refractivity contribution >= 4 is 31.7 Å². The Morgan fingerprint density at radius 1 is 1.40 bits per heavy atom. The molecule has 0 saturated carbocycles. The largest absolute Gasteiger partial charge is 0.448 e. The van der Waals surface area contributed by atoms with Gasteiger partial charge in [0, 0.05) is 21.1 Å². The molecule has 0 rings (SSSR count). The van der Waals surface area contributed by atoms with Gasteiger partial charge in [-0.25, -0.2) is 4.79 Å². The maximum Gasteiger partial charge on any atom is 0.429 e. The maximum absolute atomic E-state index is 11.0. The Balaban J connectivity index is 0. The van der Waals surface area contributed by atoms with E-state index in [0.29, 0.717) is 12.5 Å². The fourth-order valence-electron chi connectivity index (χ4n) is 1.14. The zero-order valence-electron chi connectivity index (χ0n) is 9.18. The van der Waals surface area contributed by atoms with Crippen LogP contribution < -0.4 is 0 Å². The Kier molecular flexibility index (Phi) is 13.4. The first-order valence-electron chi connectivity index (χ1n) is 4.96. The normalized spacial score (nSPS) is 11.5. The number of unbranched alkanes of at least 4 members (excludes halogenated alkanes) is 1. The molecule has 3 nitrogen and oxygen atoms in total. The summed E-state index contributed by atoms with van der Waals surface area (Å²) in [4.78, 5) is 11.0. The molecule has 6 heteroatoms. The van der Waals surface area contributed by atoms with Gasteiger partial charge in [-0.05, 0) is 38.0 Å². The molecule has 0 N–H and O–H groups in total. The molecule has 0 aromatic carbocycles. The van der Waals surface area contributed by atoms with E-state index in [9.17, 15) is 4.79 Å². The summed E-state index contributed by atoms with van der Waals surface area (Å²) >= 11 is 7.44. The smallest absolute Gasteiger partial charge is 0.429 e. The van der Waals surface area contributed by atoms with Crippen molar-refractivity contribution in [3.63, 3.8) is 0 Å². The van der Waals surface area contributed by atoms with E-state index in [1.165, 1.54) is 12.8 Å². The Morgan fingerprint density at radius 3 is 2.40 bits per heavy atom. The minimum Gasteiger partial charge on any atom is -0.448 e. The standard InChI is InChI=1S/C9H19NO2S2.Mo/c1-3-5-6-8(4-2)7-12-9(11)10(13)14;/h8,13-14H,3-7H2,1-2H3;. The Labute approximate surface area is 118 Å². The third kappa shape index (κ3) is 9.58. The summed E-state index contributed by atoms with van der Waals surface area (Å²) in [6.07, 6.45) is 4.00.